The van der Waals surface area contributed by atoms with Gasteiger partial charge in [0.1, 0.15) is 0 Å². The van der Waals surface area contributed by atoms with Crippen molar-refractivity contribution in [1.82, 2.24) is 9.47 Å². The Morgan fingerprint density at radius 2 is 2.00 bits per heavy atom. The van der Waals surface area contributed by atoms with Crippen LogP contribution >= 0.6 is 0 Å². The van der Waals surface area contributed by atoms with Gasteiger partial charge >= 0.3 is 6.03 Å². The highest BCUT2D eigenvalue weighted by atomic mass is 16.2. The van der Waals surface area contributed by atoms with E-state index in [0.717, 1.165) is 37.5 Å². The van der Waals surface area contributed by atoms with Crippen molar-refractivity contribution >= 4 is 22.6 Å². The molecule has 2 heterocycles. The lowest BCUT2D eigenvalue weighted by molar-refractivity contribution is 0.206. The molecule has 0 unspecified atom stereocenters. The van der Waals surface area contributed by atoms with Gasteiger partial charge in [-0.2, -0.15) is 0 Å². The molecule has 28 heavy (non-hydrogen) atoms. The van der Waals surface area contributed by atoms with Gasteiger partial charge in [-0.05, 0) is 48.9 Å². The Bertz CT molecular complexity index is 1030. The molecule has 0 bridgehead atoms. The number of hydrogen-bond donors (Lipinski definition) is 1. The van der Waals surface area contributed by atoms with E-state index in [2.05, 4.69) is 53.2 Å². The Labute approximate surface area is 166 Å². The van der Waals surface area contributed by atoms with E-state index >= 15 is 0 Å². The second-order valence-electron chi connectivity index (χ2n) is 8.15. The number of anilines is 1. The van der Waals surface area contributed by atoms with Crippen molar-refractivity contribution < 1.29 is 4.79 Å². The first-order valence-electron chi connectivity index (χ1n) is 10.5. The molecule has 2 aliphatic rings. The predicted octanol–water partition coefficient (Wildman–Crippen LogP) is 5.20. The predicted molar refractivity (Wildman–Crippen MR) is 114 cm³/mol. The van der Waals surface area contributed by atoms with Crippen molar-refractivity contribution in [2.75, 3.05) is 11.9 Å². The summed E-state index contributed by atoms with van der Waals surface area (Å²) < 4.78 is 2.53. The van der Waals surface area contributed by atoms with E-state index in [1.165, 1.54) is 40.6 Å². The summed E-state index contributed by atoms with van der Waals surface area (Å²) in [7, 11) is 0. The molecule has 1 aromatic heterocycles. The number of carbonyl (C=O) groups is 1. The third-order valence-electron chi connectivity index (χ3n) is 6.17. The van der Waals surface area contributed by atoms with E-state index in [4.69, 9.17) is 0 Å². The largest absolute Gasteiger partial charge is 0.344 e. The van der Waals surface area contributed by atoms with E-state index in [9.17, 15) is 4.79 Å². The third kappa shape index (κ3) is 3.17. The zero-order valence-corrected chi connectivity index (χ0v) is 16.4. The number of fused-ring (bicyclic) bond motifs is 3. The summed E-state index contributed by atoms with van der Waals surface area (Å²) in [6, 6.07) is 16.8. The maximum Gasteiger partial charge on any atom is 0.322 e. The van der Waals surface area contributed by atoms with Crippen LogP contribution in [0.2, 0.25) is 0 Å². The first kappa shape index (κ1) is 17.4. The third-order valence-corrected chi connectivity index (χ3v) is 6.17. The van der Waals surface area contributed by atoms with Crippen LogP contribution in [-0.4, -0.2) is 22.0 Å². The molecule has 1 aliphatic heterocycles. The van der Waals surface area contributed by atoms with E-state index in [0.29, 0.717) is 6.54 Å². The summed E-state index contributed by atoms with van der Waals surface area (Å²) in [6.45, 7) is 4.72. The highest BCUT2D eigenvalue weighted by molar-refractivity contribution is 5.91. The zero-order valence-electron chi connectivity index (χ0n) is 16.4. The smallest absolute Gasteiger partial charge is 0.322 e. The second kappa shape index (κ2) is 7.01. The molecule has 4 nitrogen and oxygen atoms in total. The molecule has 1 saturated carbocycles. The molecule has 2 amide bonds. The maximum atomic E-state index is 12.9. The highest BCUT2D eigenvalue weighted by Crippen LogP contribution is 2.36. The van der Waals surface area contributed by atoms with Crippen molar-refractivity contribution in [3.63, 3.8) is 0 Å². The van der Waals surface area contributed by atoms with Crippen LogP contribution in [-0.2, 0) is 25.9 Å². The fraction of sp³-hybridized carbons (Fsp3) is 0.375. The number of nitrogens with zero attached hydrogens (tertiary/aromatic N) is 2. The Morgan fingerprint density at radius 1 is 1.14 bits per heavy atom. The lowest BCUT2D eigenvalue weighted by atomic mass is 10.0. The summed E-state index contributed by atoms with van der Waals surface area (Å²) >= 11 is 0. The molecular formula is C24H27N3O. The molecular weight excluding hydrogens is 346 g/mol. The maximum absolute atomic E-state index is 12.9. The van der Waals surface area contributed by atoms with Gasteiger partial charge in [-0.3, -0.25) is 0 Å². The number of amides is 2. The van der Waals surface area contributed by atoms with Gasteiger partial charge in [-0.1, -0.05) is 37.3 Å². The van der Waals surface area contributed by atoms with Gasteiger partial charge < -0.3 is 14.8 Å². The van der Waals surface area contributed by atoms with Crippen molar-refractivity contribution in [2.24, 2.45) is 5.92 Å². The Balaban J connectivity index is 1.40. The number of carbonyl (C=O) groups excluding carboxylic acids is 1. The number of benzene rings is 2. The van der Waals surface area contributed by atoms with Gasteiger partial charge in [0.25, 0.3) is 0 Å². The lowest BCUT2D eigenvalue weighted by Gasteiger charge is -2.28. The van der Waals surface area contributed by atoms with Crippen molar-refractivity contribution in [2.45, 2.75) is 45.7 Å². The molecule has 4 heteroatoms. The van der Waals surface area contributed by atoms with E-state index in [1.807, 2.05) is 17.0 Å². The second-order valence-corrected chi connectivity index (χ2v) is 8.15. The van der Waals surface area contributed by atoms with Crippen LogP contribution in [0.3, 0.4) is 0 Å². The summed E-state index contributed by atoms with van der Waals surface area (Å²) in [6.07, 6.45) is 4.61. The highest BCUT2D eigenvalue weighted by Gasteiger charge is 2.29. The Kier molecular flexibility index (Phi) is 4.34. The normalized spacial score (nSPS) is 16.2. The monoisotopic (exact) mass is 373 g/mol. The molecule has 1 aliphatic carbocycles. The van der Waals surface area contributed by atoms with Crippen LogP contribution in [0.4, 0.5) is 10.5 Å². The number of aromatic nitrogens is 1. The minimum atomic E-state index is -0.00192. The molecule has 5 rings (SSSR count). The average Bonchev–Trinajstić information content (AvgIpc) is 3.50. The van der Waals surface area contributed by atoms with Gasteiger partial charge in [0.2, 0.25) is 0 Å². The van der Waals surface area contributed by atoms with E-state index in [1.54, 1.807) is 0 Å². The molecule has 1 N–H and O–H groups in total. The molecule has 3 aromatic rings. The van der Waals surface area contributed by atoms with E-state index in [-0.39, 0.29) is 6.03 Å². The minimum Gasteiger partial charge on any atom is -0.344 e. The van der Waals surface area contributed by atoms with Crippen LogP contribution in [0.1, 0.15) is 36.6 Å². The van der Waals surface area contributed by atoms with Crippen molar-refractivity contribution in [3.05, 3.63) is 65.4 Å². The van der Waals surface area contributed by atoms with Crippen LogP contribution in [0.15, 0.2) is 48.5 Å². The number of urea groups is 1. The Morgan fingerprint density at radius 3 is 2.82 bits per heavy atom. The number of para-hydroxylation sites is 1. The summed E-state index contributed by atoms with van der Waals surface area (Å²) in [5.41, 5.74) is 6.22. The molecule has 1 fully saturated rings. The standard InChI is InChI=1S/C24H27N3O/c1-2-17-6-5-7-19(14-17)25-24(28)26-13-12-23-21(16-26)20-8-3-4-9-22(20)27(23)15-18-10-11-18/h3-9,14,18H,2,10-13,15-16H2,1H3,(H,25,28). The van der Waals surface area contributed by atoms with Gasteiger partial charge in [0.05, 0.1) is 0 Å². The first-order chi connectivity index (χ1) is 13.7. The van der Waals surface area contributed by atoms with Crippen molar-refractivity contribution in [1.29, 1.82) is 0 Å². The minimum absolute atomic E-state index is 0.00192. The van der Waals surface area contributed by atoms with Crippen LogP contribution in [0, 0.1) is 5.92 Å². The summed E-state index contributed by atoms with van der Waals surface area (Å²) in [4.78, 5) is 14.9. The molecule has 0 saturated heterocycles. The summed E-state index contributed by atoms with van der Waals surface area (Å²) in [5.74, 6) is 0.840. The fourth-order valence-corrected chi connectivity index (χ4v) is 4.41. The molecule has 0 atom stereocenters. The SMILES string of the molecule is CCc1cccc(NC(=O)N2CCc3c(c4ccccc4n3CC3CC3)C2)c1. The quantitative estimate of drug-likeness (QED) is 0.670. The average molecular weight is 374 g/mol. The van der Waals surface area contributed by atoms with Gasteiger partial charge in [0, 0.05) is 53.9 Å². The number of rotatable bonds is 4. The van der Waals surface area contributed by atoms with Gasteiger partial charge in [0.15, 0.2) is 0 Å². The molecule has 2 aromatic carbocycles. The lowest BCUT2D eigenvalue weighted by Crippen LogP contribution is -2.39. The van der Waals surface area contributed by atoms with Crippen LogP contribution in [0.25, 0.3) is 10.9 Å². The first-order valence-corrected chi connectivity index (χ1v) is 10.5. The zero-order chi connectivity index (χ0) is 19.1. The number of aryl methyl sites for hydroxylation is 1. The van der Waals surface area contributed by atoms with E-state index < -0.39 is 0 Å². The van der Waals surface area contributed by atoms with Crippen LogP contribution in [0.5, 0.6) is 0 Å². The van der Waals surface area contributed by atoms with Crippen molar-refractivity contribution in [3.8, 4) is 0 Å². The fourth-order valence-electron chi connectivity index (χ4n) is 4.41. The molecule has 0 spiro atoms. The topological polar surface area (TPSA) is 37.3 Å². The molecule has 0 radical (unpaired) electrons. The van der Waals surface area contributed by atoms with Crippen LogP contribution < -0.4 is 5.32 Å². The van der Waals surface area contributed by atoms with Gasteiger partial charge in [-0.15, -0.1) is 0 Å². The number of nitrogens with one attached hydrogen (secondary N) is 1. The Hall–Kier alpha value is -2.75. The number of hydrogen-bond acceptors (Lipinski definition) is 1. The molecule has 144 valence electrons. The summed E-state index contributed by atoms with van der Waals surface area (Å²) in [5, 5.41) is 4.40. The van der Waals surface area contributed by atoms with Gasteiger partial charge in [-0.25, -0.2) is 4.79 Å².